The molecule has 1 heterocycles. The van der Waals surface area contributed by atoms with Crippen LogP contribution >= 0.6 is 15.9 Å². The van der Waals surface area contributed by atoms with Gasteiger partial charge < -0.3 is 5.32 Å². The average molecular weight is 324 g/mol. The summed E-state index contributed by atoms with van der Waals surface area (Å²) in [6, 6.07) is 5.51. The second-order valence-electron chi connectivity index (χ2n) is 4.52. The standard InChI is InChI=1S/C14H15BrFN3/c1-8-4-11(5-9(2)14(8)16)7-17-13-6-12(15)18-10(3)19-13/h4-6H,7H2,1-3H3,(H,17,18,19). The second-order valence-corrected chi connectivity index (χ2v) is 5.33. The van der Waals surface area contributed by atoms with Gasteiger partial charge in [0, 0.05) is 12.6 Å². The Labute approximate surface area is 120 Å². The van der Waals surface area contributed by atoms with Crippen molar-refractivity contribution in [1.29, 1.82) is 0 Å². The minimum atomic E-state index is -0.135. The molecule has 0 spiro atoms. The van der Waals surface area contributed by atoms with Crippen molar-refractivity contribution in [3.05, 3.63) is 51.1 Å². The van der Waals surface area contributed by atoms with Crippen LogP contribution in [0, 0.1) is 26.6 Å². The Morgan fingerprint density at radius 2 is 1.74 bits per heavy atom. The van der Waals surface area contributed by atoms with Crippen LogP contribution in [0.2, 0.25) is 0 Å². The van der Waals surface area contributed by atoms with Crippen LogP contribution in [0.25, 0.3) is 0 Å². The van der Waals surface area contributed by atoms with Gasteiger partial charge in [-0.25, -0.2) is 14.4 Å². The van der Waals surface area contributed by atoms with Crippen molar-refractivity contribution in [2.75, 3.05) is 5.32 Å². The molecule has 1 aromatic carbocycles. The van der Waals surface area contributed by atoms with Gasteiger partial charge in [0.25, 0.3) is 0 Å². The van der Waals surface area contributed by atoms with Gasteiger partial charge in [-0.15, -0.1) is 0 Å². The minimum absolute atomic E-state index is 0.135. The summed E-state index contributed by atoms with van der Waals surface area (Å²) in [5, 5.41) is 3.21. The number of aryl methyl sites for hydroxylation is 3. The van der Waals surface area contributed by atoms with Crippen LogP contribution in [0.5, 0.6) is 0 Å². The lowest BCUT2D eigenvalue weighted by molar-refractivity contribution is 0.608. The Balaban J connectivity index is 2.14. The maximum absolute atomic E-state index is 13.5. The van der Waals surface area contributed by atoms with E-state index in [4.69, 9.17) is 0 Å². The fourth-order valence-electron chi connectivity index (χ4n) is 1.95. The first-order valence-electron chi connectivity index (χ1n) is 5.96. The lowest BCUT2D eigenvalue weighted by Crippen LogP contribution is -2.04. The molecule has 0 amide bonds. The van der Waals surface area contributed by atoms with Gasteiger partial charge in [0.2, 0.25) is 0 Å². The van der Waals surface area contributed by atoms with Crippen LogP contribution in [-0.2, 0) is 6.54 Å². The van der Waals surface area contributed by atoms with Gasteiger partial charge in [-0.1, -0.05) is 12.1 Å². The van der Waals surface area contributed by atoms with Gasteiger partial charge in [-0.05, 0) is 53.4 Å². The van der Waals surface area contributed by atoms with E-state index < -0.39 is 0 Å². The van der Waals surface area contributed by atoms with E-state index in [1.54, 1.807) is 13.8 Å². The van der Waals surface area contributed by atoms with E-state index in [1.165, 1.54) is 0 Å². The smallest absolute Gasteiger partial charge is 0.131 e. The Morgan fingerprint density at radius 1 is 1.11 bits per heavy atom. The number of nitrogens with zero attached hydrogens (tertiary/aromatic N) is 2. The molecule has 0 fully saturated rings. The molecule has 0 aliphatic rings. The first kappa shape index (κ1) is 13.9. The Hall–Kier alpha value is -1.49. The number of anilines is 1. The average Bonchev–Trinajstić information content (AvgIpc) is 2.32. The topological polar surface area (TPSA) is 37.8 Å². The van der Waals surface area contributed by atoms with E-state index >= 15 is 0 Å². The molecule has 3 nitrogen and oxygen atoms in total. The number of rotatable bonds is 3. The van der Waals surface area contributed by atoms with Crippen LogP contribution in [0.1, 0.15) is 22.5 Å². The van der Waals surface area contributed by atoms with E-state index in [9.17, 15) is 4.39 Å². The van der Waals surface area contributed by atoms with Crippen LogP contribution in [-0.4, -0.2) is 9.97 Å². The first-order valence-corrected chi connectivity index (χ1v) is 6.75. The summed E-state index contributed by atoms with van der Waals surface area (Å²) in [7, 11) is 0. The van der Waals surface area contributed by atoms with Gasteiger partial charge >= 0.3 is 0 Å². The fourth-order valence-corrected chi connectivity index (χ4v) is 2.43. The van der Waals surface area contributed by atoms with Crippen LogP contribution in [0.4, 0.5) is 10.2 Å². The van der Waals surface area contributed by atoms with Crippen LogP contribution in [0.3, 0.4) is 0 Å². The molecule has 2 rings (SSSR count). The lowest BCUT2D eigenvalue weighted by atomic mass is 10.1. The molecule has 0 bridgehead atoms. The van der Waals surface area contributed by atoms with E-state index in [2.05, 4.69) is 31.2 Å². The van der Waals surface area contributed by atoms with Gasteiger partial charge in [0.15, 0.2) is 0 Å². The molecule has 0 saturated heterocycles. The highest BCUT2D eigenvalue weighted by Gasteiger charge is 2.05. The fraction of sp³-hybridized carbons (Fsp3) is 0.286. The van der Waals surface area contributed by atoms with Crippen LogP contribution in [0.15, 0.2) is 22.8 Å². The number of hydrogen-bond acceptors (Lipinski definition) is 3. The number of aromatic nitrogens is 2. The van der Waals surface area contributed by atoms with Crippen molar-refractivity contribution < 1.29 is 4.39 Å². The van der Waals surface area contributed by atoms with Crippen molar-refractivity contribution >= 4 is 21.7 Å². The van der Waals surface area contributed by atoms with E-state index in [-0.39, 0.29) is 5.82 Å². The van der Waals surface area contributed by atoms with Gasteiger partial charge in [0.1, 0.15) is 22.1 Å². The number of hydrogen-bond donors (Lipinski definition) is 1. The summed E-state index contributed by atoms with van der Waals surface area (Å²) in [5.41, 5.74) is 2.36. The molecule has 0 aliphatic carbocycles. The Kier molecular flexibility index (Phi) is 4.14. The molecule has 0 unspecified atom stereocenters. The summed E-state index contributed by atoms with van der Waals surface area (Å²) >= 11 is 3.33. The molecule has 19 heavy (non-hydrogen) atoms. The normalized spacial score (nSPS) is 10.6. The monoisotopic (exact) mass is 323 g/mol. The van der Waals surface area contributed by atoms with Crippen molar-refractivity contribution in [2.24, 2.45) is 0 Å². The lowest BCUT2D eigenvalue weighted by Gasteiger charge is -2.09. The molecular weight excluding hydrogens is 309 g/mol. The molecule has 0 atom stereocenters. The highest BCUT2D eigenvalue weighted by Crippen LogP contribution is 2.17. The zero-order chi connectivity index (χ0) is 14.0. The van der Waals surface area contributed by atoms with Crippen molar-refractivity contribution in [1.82, 2.24) is 9.97 Å². The number of halogens is 2. The first-order chi connectivity index (χ1) is 8.95. The molecule has 0 saturated carbocycles. The van der Waals surface area contributed by atoms with E-state index in [0.717, 1.165) is 16.0 Å². The molecule has 0 aliphatic heterocycles. The third kappa shape index (κ3) is 3.50. The predicted molar refractivity (Wildman–Crippen MR) is 77.7 cm³/mol. The third-order valence-electron chi connectivity index (χ3n) is 2.78. The maximum Gasteiger partial charge on any atom is 0.131 e. The zero-order valence-corrected chi connectivity index (χ0v) is 12.7. The third-order valence-corrected chi connectivity index (χ3v) is 3.18. The summed E-state index contributed by atoms with van der Waals surface area (Å²) in [6.45, 7) is 5.99. The van der Waals surface area contributed by atoms with Crippen molar-refractivity contribution in [3.8, 4) is 0 Å². The summed E-state index contributed by atoms with van der Waals surface area (Å²) in [4.78, 5) is 8.43. The molecular formula is C14H15BrFN3. The zero-order valence-electron chi connectivity index (χ0n) is 11.1. The largest absolute Gasteiger partial charge is 0.366 e. The SMILES string of the molecule is Cc1nc(Br)cc(NCc2cc(C)c(F)c(C)c2)n1. The molecule has 0 radical (unpaired) electrons. The van der Waals surface area contributed by atoms with E-state index in [1.807, 2.05) is 25.1 Å². The summed E-state index contributed by atoms with van der Waals surface area (Å²) in [5.74, 6) is 1.31. The molecule has 1 N–H and O–H groups in total. The molecule has 5 heteroatoms. The Bertz CT molecular complexity index is 570. The Morgan fingerprint density at radius 3 is 2.32 bits per heavy atom. The van der Waals surface area contributed by atoms with Crippen molar-refractivity contribution in [2.45, 2.75) is 27.3 Å². The maximum atomic E-state index is 13.5. The van der Waals surface area contributed by atoms with Crippen molar-refractivity contribution in [3.63, 3.8) is 0 Å². The highest BCUT2D eigenvalue weighted by atomic mass is 79.9. The quantitative estimate of drug-likeness (QED) is 0.870. The van der Waals surface area contributed by atoms with Gasteiger partial charge in [-0.2, -0.15) is 0 Å². The second kappa shape index (κ2) is 5.65. The van der Waals surface area contributed by atoms with E-state index in [0.29, 0.717) is 23.5 Å². The highest BCUT2D eigenvalue weighted by molar-refractivity contribution is 9.10. The number of nitrogens with one attached hydrogen (secondary N) is 1. The van der Waals surface area contributed by atoms with Gasteiger partial charge in [-0.3, -0.25) is 0 Å². The summed E-state index contributed by atoms with van der Waals surface area (Å²) in [6.07, 6.45) is 0. The minimum Gasteiger partial charge on any atom is -0.366 e. The molecule has 2 aromatic rings. The van der Waals surface area contributed by atoms with Crippen LogP contribution < -0.4 is 5.32 Å². The van der Waals surface area contributed by atoms with Gasteiger partial charge in [0.05, 0.1) is 0 Å². The number of benzene rings is 1. The predicted octanol–water partition coefficient (Wildman–Crippen LogP) is 3.92. The molecule has 100 valence electrons. The summed E-state index contributed by atoms with van der Waals surface area (Å²) < 4.78 is 14.3. The molecule has 1 aromatic heterocycles.